The molecule has 0 aliphatic carbocycles. The van der Waals surface area contributed by atoms with E-state index in [0.717, 1.165) is 28.6 Å². The van der Waals surface area contributed by atoms with E-state index < -0.39 is 8.07 Å². The molecule has 2 aliphatic rings. The maximum absolute atomic E-state index is 6.64. The van der Waals surface area contributed by atoms with Crippen LogP contribution in [-0.4, -0.2) is 8.07 Å². The van der Waals surface area contributed by atoms with Gasteiger partial charge >= 0.3 is 0 Å². The molecule has 8 aromatic carbocycles. The van der Waals surface area contributed by atoms with E-state index in [0.29, 0.717) is 0 Å². The lowest BCUT2D eigenvalue weighted by Crippen LogP contribution is -2.77. The Hall–Kier alpha value is -5.81. The van der Waals surface area contributed by atoms with Gasteiger partial charge in [0.2, 0.25) is 0 Å². The molecule has 236 valence electrons. The first-order valence-electron chi connectivity index (χ1n) is 17.0. The summed E-state index contributed by atoms with van der Waals surface area (Å²) >= 11 is 1.89. The van der Waals surface area contributed by atoms with E-state index in [1.807, 2.05) is 11.8 Å². The van der Waals surface area contributed by atoms with Crippen molar-refractivity contribution in [3.05, 3.63) is 188 Å². The first-order valence-corrected chi connectivity index (χ1v) is 19.8. The molecule has 0 amide bonds. The molecular formula is C46H31NOSSi. The Kier molecular flexibility index (Phi) is 6.79. The average molecular weight is 674 g/mol. The van der Waals surface area contributed by atoms with Gasteiger partial charge in [-0.15, -0.1) is 0 Å². The van der Waals surface area contributed by atoms with Crippen LogP contribution in [0.2, 0.25) is 0 Å². The minimum absolute atomic E-state index is 0.958. The Balaban J connectivity index is 1.19. The number of para-hydroxylation sites is 3. The highest BCUT2D eigenvalue weighted by molar-refractivity contribution is 8.00. The summed E-state index contributed by atoms with van der Waals surface area (Å²) in [5, 5.41) is 7.94. The van der Waals surface area contributed by atoms with Gasteiger partial charge in [0.25, 0.3) is 0 Å². The standard InChI is InChI=1S/C46H31NOSSi/c1-2-15-34(16-3-1)47(35-27-25-33(26-28-35)38-18-12-14-32-13-4-5-17-37(32)38)36-29-30-42-46(31-36)50(45-24-11-8-21-41(45)49-42)43-22-9-6-19-39(43)48-40-20-7-10-23-44(40)50/h1-31H. The van der Waals surface area contributed by atoms with Crippen LogP contribution in [0.3, 0.4) is 0 Å². The highest BCUT2D eigenvalue weighted by Gasteiger charge is 2.52. The maximum atomic E-state index is 6.64. The van der Waals surface area contributed by atoms with E-state index in [1.54, 1.807) is 0 Å². The van der Waals surface area contributed by atoms with Gasteiger partial charge in [0.05, 0.1) is 0 Å². The zero-order chi connectivity index (χ0) is 33.1. The van der Waals surface area contributed by atoms with Crippen LogP contribution in [0, 0.1) is 0 Å². The molecule has 0 bridgehead atoms. The monoisotopic (exact) mass is 673 g/mol. The van der Waals surface area contributed by atoms with Crippen LogP contribution in [-0.2, 0) is 0 Å². The van der Waals surface area contributed by atoms with Gasteiger partial charge in [-0.25, -0.2) is 0 Å². The molecule has 0 aromatic heterocycles. The molecule has 2 aliphatic heterocycles. The third kappa shape index (κ3) is 4.42. The van der Waals surface area contributed by atoms with Crippen molar-refractivity contribution >= 4 is 68.4 Å². The molecule has 2 nitrogen and oxygen atoms in total. The van der Waals surface area contributed by atoms with Crippen LogP contribution < -0.4 is 30.4 Å². The topological polar surface area (TPSA) is 12.5 Å². The van der Waals surface area contributed by atoms with Crippen molar-refractivity contribution in [1.82, 2.24) is 0 Å². The minimum atomic E-state index is -2.78. The summed E-state index contributed by atoms with van der Waals surface area (Å²) in [6.45, 7) is 0. The SMILES string of the molecule is c1ccc(N(c2ccc(-c3cccc4ccccc34)cc2)c2ccc3c(c2)[Si]2(c4ccccc4Oc4ccccc42)c2ccccc2S3)cc1. The van der Waals surface area contributed by atoms with Gasteiger partial charge in [-0.05, 0) is 103 Å². The van der Waals surface area contributed by atoms with Crippen LogP contribution in [0.15, 0.2) is 198 Å². The number of hydrogen-bond acceptors (Lipinski definition) is 3. The summed E-state index contributed by atoms with van der Waals surface area (Å²) in [6.07, 6.45) is 0. The third-order valence-electron chi connectivity index (χ3n) is 10.2. The lowest BCUT2D eigenvalue weighted by atomic mass is 9.98. The number of fused-ring (bicyclic) bond motifs is 9. The predicted octanol–water partition coefficient (Wildman–Crippen LogP) is 9.92. The van der Waals surface area contributed by atoms with Crippen molar-refractivity contribution in [3.63, 3.8) is 0 Å². The van der Waals surface area contributed by atoms with E-state index >= 15 is 0 Å². The lowest BCUT2D eigenvalue weighted by Gasteiger charge is -2.43. The molecule has 0 atom stereocenters. The van der Waals surface area contributed by atoms with Gasteiger partial charge in [0, 0.05) is 26.9 Å². The normalized spacial score (nSPS) is 13.4. The summed E-state index contributed by atoms with van der Waals surface area (Å²) in [5.74, 6) is 1.92. The Labute approximate surface area is 297 Å². The Bertz CT molecular complexity index is 2460. The summed E-state index contributed by atoms with van der Waals surface area (Å²) in [6, 6.07) is 68.6. The molecule has 50 heavy (non-hydrogen) atoms. The van der Waals surface area contributed by atoms with Gasteiger partial charge in [0.1, 0.15) is 11.5 Å². The number of rotatable bonds is 4. The Morgan fingerprint density at radius 3 is 1.78 bits per heavy atom. The van der Waals surface area contributed by atoms with Crippen molar-refractivity contribution < 1.29 is 4.74 Å². The zero-order valence-electron chi connectivity index (χ0n) is 27.2. The summed E-state index contributed by atoms with van der Waals surface area (Å²) in [5.41, 5.74) is 5.83. The van der Waals surface area contributed by atoms with Gasteiger partial charge in [-0.2, -0.15) is 0 Å². The molecule has 0 saturated heterocycles. The maximum Gasteiger partial charge on any atom is 0.190 e. The smallest absolute Gasteiger partial charge is 0.190 e. The average Bonchev–Trinajstić information content (AvgIpc) is 3.18. The molecule has 8 aromatic rings. The first-order chi connectivity index (χ1) is 24.8. The van der Waals surface area contributed by atoms with Crippen LogP contribution in [0.25, 0.3) is 21.9 Å². The summed E-state index contributed by atoms with van der Waals surface area (Å²) < 4.78 is 6.64. The van der Waals surface area contributed by atoms with Crippen molar-refractivity contribution in [1.29, 1.82) is 0 Å². The van der Waals surface area contributed by atoms with E-state index in [-0.39, 0.29) is 0 Å². The second-order valence-electron chi connectivity index (χ2n) is 12.9. The third-order valence-corrected chi connectivity index (χ3v) is 16.6. The van der Waals surface area contributed by atoms with Crippen LogP contribution in [0.1, 0.15) is 0 Å². The van der Waals surface area contributed by atoms with Crippen molar-refractivity contribution in [2.24, 2.45) is 0 Å². The van der Waals surface area contributed by atoms with Crippen LogP contribution in [0.4, 0.5) is 17.1 Å². The molecule has 0 saturated carbocycles. The van der Waals surface area contributed by atoms with Gasteiger partial charge < -0.3 is 9.64 Å². The highest BCUT2D eigenvalue weighted by Crippen LogP contribution is 2.41. The second kappa shape index (κ2) is 11.7. The molecule has 2 heterocycles. The fourth-order valence-electron chi connectivity index (χ4n) is 8.03. The molecule has 1 spiro atoms. The van der Waals surface area contributed by atoms with Crippen molar-refractivity contribution in [2.75, 3.05) is 4.90 Å². The van der Waals surface area contributed by atoms with E-state index in [2.05, 4.69) is 193 Å². The number of anilines is 3. The Morgan fingerprint density at radius 1 is 0.420 bits per heavy atom. The summed E-state index contributed by atoms with van der Waals surface area (Å²) in [4.78, 5) is 5.04. The summed E-state index contributed by atoms with van der Waals surface area (Å²) in [7, 11) is -2.78. The van der Waals surface area contributed by atoms with E-state index in [4.69, 9.17) is 4.74 Å². The molecule has 0 N–H and O–H groups in total. The number of hydrogen-bond donors (Lipinski definition) is 0. The van der Waals surface area contributed by atoms with E-state index in [9.17, 15) is 0 Å². The molecule has 0 unspecified atom stereocenters. The van der Waals surface area contributed by atoms with Crippen molar-refractivity contribution in [3.8, 4) is 22.6 Å². The molecule has 4 heteroatoms. The molecular weight excluding hydrogens is 643 g/mol. The number of nitrogens with zero attached hydrogens (tertiary/aromatic N) is 1. The second-order valence-corrected chi connectivity index (χ2v) is 17.6. The van der Waals surface area contributed by atoms with Gasteiger partial charge in [-0.1, -0.05) is 139 Å². The van der Waals surface area contributed by atoms with E-state index in [1.165, 1.54) is 52.4 Å². The van der Waals surface area contributed by atoms with Crippen LogP contribution in [0.5, 0.6) is 11.5 Å². The quantitative estimate of drug-likeness (QED) is 0.173. The van der Waals surface area contributed by atoms with Crippen molar-refractivity contribution in [2.45, 2.75) is 9.79 Å². The van der Waals surface area contributed by atoms with Gasteiger partial charge in [0.15, 0.2) is 8.07 Å². The number of ether oxygens (including phenoxy) is 1. The van der Waals surface area contributed by atoms with Crippen LogP contribution >= 0.6 is 11.8 Å². The highest BCUT2D eigenvalue weighted by atomic mass is 32.2. The molecule has 0 fully saturated rings. The minimum Gasteiger partial charge on any atom is -0.458 e. The largest absolute Gasteiger partial charge is 0.458 e. The predicted molar refractivity (Wildman–Crippen MR) is 212 cm³/mol. The Morgan fingerprint density at radius 2 is 1.00 bits per heavy atom. The fourth-order valence-corrected chi connectivity index (χ4v) is 15.2. The number of benzene rings is 8. The molecule has 0 radical (unpaired) electrons. The lowest BCUT2D eigenvalue weighted by molar-refractivity contribution is 0.487. The first kappa shape index (κ1) is 29.1. The molecule has 10 rings (SSSR count). The fraction of sp³-hybridized carbons (Fsp3) is 0. The van der Waals surface area contributed by atoms with Gasteiger partial charge in [-0.3, -0.25) is 0 Å². The zero-order valence-corrected chi connectivity index (χ0v) is 29.0.